The molecule has 3 aromatic heterocycles. The van der Waals surface area contributed by atoms with E-state index >= 15 is 0 Å². The number of hydrogen-bond donors (Lipinski definition) is 1. The molecule has 2 aliphatic rings. The Morgan fingerprint density at radius 3 is 2.72 bits per heavy atom. The van der Waals surface area contributed by atoms with Gasteiger partial charge in [-0.1, -0.05) is 0 Å². The minimum Gasteiger partial charge on any atom is -0.368 e. The molecular weight excluding hydrogens is 312 g/mol. The van der Waals surface area contributed by atoms with Gasteiger partial charge in [0, 0.05) is 36.1 Å². The van der Waals surface area contributed by atoms with Gasteiger partial charge in [0.1, 0.15) is 11.7 Å². The number of anilines is 1. The summed E-state index contributed by atoms with van der Waals surface area (Å²) in [6.07, 6.45) is 7.19. The van der Waals surface area contributed by atoms with Crippen molar-refractivity contribution >= 4 is 27.6 Å². The molecule has 6 nitrogen and oxygen atoms in total. The molecule has 0 aliphatic carbocycles. The Labute approximate surface area is 146 Å². The second kappa shape index (κ2) is 5.71. The summed E-state index contributed by atoms with van der Waals surface area (Å²) in [5.74, 6) is 0. The number of nitrogens with zero attached hydrogens (tertiary/aromatic N) is 5. The summed E-state index contributed by atoms with van der Waals surface area (Å²) in [5, 5.41) is 11.8. The van der Waals surface area contributed by atoms with Gasteiger partial charge in [-0.15, -0.1) is 0 Å². The quantitative estimate of drug-likeness (QED) is 0.781. The van der Waals surface area contributed by atoms with Gasteiger partial charge in [0.25, 0.3) is 0 Å². The van der Waals surface area contributed by atoms with E-state index in [0.717, 1.165) is 53.6 Å². The number of nitrogens with one attached hydrogen (secondary N) is 1. The van der Waals surface area contributed by atoms with Crippen LogP contribution in [0.1, 0.15) is 25.0 Å². The van der Waals surface area contributed by atoms with Crippen molar-refractivity contribution < 1.29 is 0 Å². The predicted molar refractivity (Wildman–Crippen MR) is 97.5 cm³/mol. The first-order valence-corrected chi connectivity index (χ1v) is 8.99. The molecule has 0 amide bonds. The van der Waals surface area contributed by atoms with E-state index in [-0.39, 0.29) is 0 Å². The van der Waals surface area contributed by atoms with Gasteiger partial charge in [0.15, 0.2) is 5.69 Å². The number of fused-ring (bicyclic) bond motifs is 3. The van der Waals surface area contributed by atoms with Crippen LogP contribution < -0.4 is 4.90 Å². The lowest BCUT2D eigenvalue weighted by Crippen LogP contribution is -2.50. The van der Waals surface area contributed by atoms with Crippen molar-refractivity contribution in [3.8, 4) is 6.07 Å². The minimum absolute atomic E-state index is 0.514. The van der Waals surface area contributed by atoms with Gasteiger partial charge in [-0.2, -0.15) is 5.26 Å². The van der Waals surface area contributed by atoms with Crippen molar-refractivity contribution in [1.29, 1.82) is 5.26 Å². The average molecular weight is 332 g/mol. The molecule has 126 valence electrons. The first kappa shape index (κ1) is 14.7. The van der Waals surface area contributed by atoms with Crippen molar-refractivity contribution in [1.82, 2.24) is 19.9 Å². The number of hydrogen-bond acceptors (Lipinski definition) is 5. The van der Waals surface area contributed by atoms with Crippen LogP contribution in [-0.4, -0.2) is 52.1 Å². The molecule has 0 bridgehead atoms. The fraction of sp³-hybridized carbons (Fsp3) is 0.421. The molecule has 0 aromatic carbocycles. The summed E-state index contributed by atoms with van der Waals surface area (Å²) in [5.41, 5.74) is 3.29. The van der Waals surface area contributed by atoms with E-state index in [1.54, 1.807) is 12.4 Å². The van der Waals surface area contributed by atoms with Crippen molar-refractivity contribution in [2.45, 2.75) is 25.3 Å². The molecule has 0 saturated carbocycles. The topological polar surface area (TPSA) is 71.8 Å². The zero-order valence-corrected chi connectivity index (χ0v) is 14.1. The minimum atomic E-state index is 0.514. The van der Waals surface area contributed by atoms with Crippen LogP contribution in [-0.2, 0) is 0 Å². The third-order valence-electron chi connectivity index (χ3n) is 5.68. The Kier molecular flexibility index (Phi) is 3.35. The normalized spacial score (nSPS) is 19.2. The van der Waals surface area contributed by atoms with Crippen LogP contribution in [0, 0.1) is 11.3 Å². The first-order chi connectivity index (χ1) is 12.3. The zero-order chi connectivity index (χ0) is 16.8. The Morgan fingerprint density at radius 1 is 1.16 bits per heavy atom. The maximum atomic E-state index is 9.63. The molecule has 5 heterocycles. The Balaban J connectivity index is 1.58. The lowest BCUT2D eigenvalue weighted by molar-refractivity contribution is 0.100. The third-order valence-corrected chi connectivity index (χ3v) is 5.68. The predicted octanol–water partition coefficient (Wildman–Crippen LogP) is 2.66. The summed E-state index contributed by atoms with van der Waals surface area (Å²) < 4.78 is 0. The Hall–Kier alpha value is -2.65. The zero-order valence-electron chi connectivity index (χ0n) is 14.1. The number of aromatic nitrogens is 3. The van der Waals surface area contributed by atoms with Crippen molar-refractivity contribution in [2.75, 3.05) is 31.1 Å². The Bertz CT molecular complexity index is 973. The molecule has 25 heavy (non-hydrogen) atoms. The summed E-state index contributed by atoms with van der Waals surface area (Å²) in [7, 11) is 0. The first-order valence-electron chi connectivity index (χ1n) is 8.99. The molecule has 3 aromatic rings. The summed E-state index contributed by atoms with van der Waals surface area (Å²) in [6, 6.07) is 7.01. The highest BCUT2D eigenvalue weighted by Gasteiger charge is 2.30. The maximum Gasteiger partial charge on any atom is 0.164 e. The molecule has 2 saturated heterocycles. The molecule has 0 spiro atoms. The highest BCUT2D eigenvalue weighted by molar-refractivity contribution is 6.13. The van der Waals surface area contributed by atoms with E-state index in [4.69, 9.17) is 0 Å². The van der Waals surface area contributed by atoms with Gasteiger partial charge in [-0.05, 0) is 44.5 Å². The summed E-state index contributed by atoms with van der Waals surface area (Å²) in [4.78, 5) is 17.1. The van der Waals surface area contributed by atoms with Crippen LogP contribution in [0.2, 0.25) is 0 Å². The van der Waals surface area contributed by atoms with Crippen LogP contribution in [0.5, 0.6) is 0 Å². The Morgan fingerprint density at radius 2 is 2.00 bits per heavy atom. The molecule has 0 radical (unpaired) electrons. The molecule has 0 unspecified atom stereocenters. The highest BCUT2D eigenvalue weighted by atomic mass is 15.2. The van der Waals surface area contributed by atoms with E-state index in [2.05, 4.69) is 36.9 Å². The van der Waals surface area contributed by atoms with Gasteiger partial charge in [-0.25, -0.2) is 9.97 Å². The van der Waals surface area contributed by atoms with E-state index in [9.17, 15) is 5.26 Å². The van der Waals surface area contributed by atoms with Crippen LogP contribution in [0.25, 0.3) is 21.9 Å². The highest BCUT2D eigenvalue weighted by Crippen LogP contribution is 2.36. The second-order valence-corrected chi connectivity index (χ2v) is 6.99. The number of H-pyrrole nitrogens is 1. The number of piperidine rings is 1. The van der Waals surface area contributed by atoms with E-state index < -0.39 is 0 Å². The number of pyridine rings is 2. The van der Waals surface area contributed by atoms with Crippen molar-refractivity contribution in [3.63, 3.8) is 0 Å². The number of rotatable bonds is 2. The monoisotopic (exact) mass is 332 g/mol. The lowest BCUT2D eigenvalue weighted by Gasteiger charge is -2.43. The van der Waals surface area contributed by atoms with Gasteiger partial charge in [-0.3, -0.25) is 0 Å². The number of nitriles is 1. The van der Waals surface area contributed by atoms with Gasteiger partial charge >= 0.3 is 0 Å². The van der Waals surface area contributed by atoms with Crippen molar-refractivity contribution in [3.05, 3.63) is 30.2 Å². The van der Waals surface area contributed by atoms with Crippen LogP contribution in [0.3, 0.4) is 0 Å². The van der Waals surface area contributed by atoms with Gasteiger partial charge in [0.05, 0.1) is 17.4 Å². The van der Waals surface area contributed by atoms with Crippen LogP contribution >= 0.6 is 0 Å². The fourth-order valence-corrected chi connectivity index (χ4v) is 4.25. The number of likely N-dealkylation sites (tertiary alicyclic amines) is 1. The van der Waals surface area contributed by atoms with Gasteiger partial charge < -0.3 is 14.8 Å². The molecule has 0 atom stereocenters. The molecule has 2 fully saturated rings. The van der Waals surface area contributed by atoms with Crippen LogP contribution in [0.4, 0.5) is 5.69 Å². The summed E-state index contributed by atoms with van der Waals surface area (Å²) in [6.45, 7) is 4.45. The molecule has 6 heteroatoms. The second-order valence-electron chi connectivity index (χ2n) is 6.99. The molecule has 5 rings (SSSR count). The van der Waals surface area contributed by atoms with E-state index in [1.807, 2.05) is 6.07 Å². The standard InChI is InChI=1S/C19H20N6/c20-11-15-18(25-9-4-13(5-10-25)24-7-2-8-24)17-14-3-1-6-21-19(14)23-16(17)12-22-15/h1,3,6,12-13H,2,4-5,7-10H2,(H,21,23). The number of aromatic amines is 1. The van der Waals surface area contributed by atoms with E-state index in [0.29, 0.717) is 11.7 Å². The summed E-state index contributed by atoms with van der Waals surface area (Å²) >= 11 is 0. The lowest BCUT2D eigenvalue weighted by atomic mass is 9.98. The third kappa shape index (κ3) is 2.27. The van der Waals surface area contributed by atoms with Crippen molar-refractivity contribution in [2.24, 2.45) is 0 Å². The maximum absolute atomic E-state index is 9.63. The smallest absolute Gasteiger partial charge is 0.164 e. The SMILES string of the molecule is N#Cc1ncc2[nH]c3ncccc3c2c1N1CCC(N2CCC2)CC1. The molecular formula is C19H20N6. The van der Waals surface area contributed by atoms with Gasteiger partial charge in [0.2, 0.25) is 0 Å². The molecule has 1 N–H and O–H groups in total. The van der Waals surface area contributed by atoms with Crippen LogP contribution in [0.15, 0.2) is 24.5 Å². The fourth-order valence-electron chi connectivity index (χ4n) is 4.25. The average Bonchev–Trinajstić information content (AvgIpc) is 2.99. The van der Waals surface area contributed by atoms with E-state index in [1.165, 1.54) is 19.5 Å². The molecule has 2 aliphatic heterocycles. The largest absolute Gasteiger partial charge is 0.368 e.